The molecule has 0 radical (unpaired) electrons. The molecule has 0 aromatic heterocycles. The first-order chi connectivity index (χ1) is 31.3. The van der Waals surface area contributed by atoms with Crippen LogP contribution in [0, 0.1) is 0 Å². The molecule has 338 valence electrons. The number of esters is 2. The summed E-state index contributed by atoms with van der Waals surface area (Å²) in [6.45, 7) is 2.00. The predicted octanol–water partition coefficient (Wildman–Crippen LogP) is 6.87. The summed E-state index contributed by atoms with van der Waals surface area (Å²) < 4.78 is 65.7. The van der Waals surface area contributed by atoms with Gasteiger partial charge in [-0.15, -0.1) is 0 Å². The molecule has 0 unspecified atom stereocenters. The van der Waals surface area contributed by atoms with Crippen LogP contribution in [0.2, 0.25) is 0 Å². The van der Waals surface area contributed by atoms with Gasteiger partial charge in [-0.3, -0.25) is 9.59 Å². The normalized spacial score (nSPS) is 25.4. The fraction of sp³-hybridized carbons (Fsp3) is 0.373. The maximum atomic E-state index is 12.7. The minimum absolute atomic E-state index is 0.0795. The zero-order valence-electron chi connectivity index (χ0n) is 36.1. The van der Waals surface area contributed by atoms with Crippen molar-refractivity contribution in [1.82, 2.24) is 0 Å². The summed E-state index contributed by atoms with van der Waals surface area (Å²) in [6, 6.07) is 48.0. The molecule has 13 nitrogen and oxygen atoms in total. The molecule has 0 aliphatic carbocycles. The monoisotopic (exact) mass is 876 g/mol. The van der Waals surface area contributed by atoms with E-state index in [9.17, 15) is 14.7 Å². The third-order valence-electron chi connectivity index (χ3n) is 10.9. The van der Waals surface area contributed by atoms with E-state index >= 15 is 0 Å². The van der Waals surface area contributed by atoms with Crippen LogP contribution in [-0.2, 0) is 90.0 Å². The molecule has 0 amide bonds. The highest BCUT2D eigenvalue weighted by atomic mass is 16.8. The molecule has 0 saturated carbocycles. The topological polar surface area (TPSA) is 147 Å². The van der Waals surface area contributed by atoms with Crippen LogP contribution in [0.25, 0.3) is 0 Å². The van der Waals surface area contributed by atoms with Gasteiger partial charge in [-0.2, -0.15) is 0 Å². The number of hydrogen-bond acceptors (Lipinski definition) is 13. The van der Waals surface area contributed by atoms with E-state index in [4.69, 9.17) is 47.4 Å². The summed E-state index contributed by atoms with van der Waals surface area (Å²) in [7, 11) is 0. The van der Waals surface area contributed by atoms with Gasteiger partial charge in [-0.25, -0.2) is 0 Å². The van der Waals surface area contributed by atoms with Crippen molar-refractivity contribution in [2.24, 2.45) is 0 Å². The summed E-state index contributed by atoms with van der Waals surface area (Å²) in [5.74, 6) is -3.12. The highest BCUT2D eigenvalue weighted by Crippen LogP contribution is 2.42. The molecule has 5 aromatic carbocycles. The third kappa shape index (κ3) is 12.9. The highest BCUT2D eigenvalue weighted by Gasteiger charge is 2.62. The van der Waals surface area contributed by atoms with E-state index in [-0.39, 0.29) is 39.6 Å². The van der Waals surface area contributed by atoms with E-state index in [2.05, 4.69) is 0 Å². The molecule has 2 aliphatic heterocycles. The average molecular weight is 877 g/mol. The van der Waals surface area contributed by atoms with Crippen molar-refractivity contribution < 1.29 is 62.1 Å². The third-order valence-corrected chi connectivity index (χ3v) is 10.9. The Hall–Kier alpha value is -5.32. The Kier molecular flexibility index (Phi) is 17.2. The molecule has 5 aromatic rings. The van der Waals surface area contributed by atoms with E-state index in [1.54, 1.807) is 0 Å². The molecule has 2 fully saturated rings. The Morgan fingerprint density at radius 1 is 0.500 bits per heavy atom. The molecule has 2 aliphatic rings. The maximum Gasteiger partial charge on any atom is 0.302 e. The molecule has 64 heavy (non-hydrogen) atoms. The summed E-state index contributed by atoms with van der Waals surface area (Å²) in [5, 5.41) is 10.9. The van der Waals surface area contributed by atoms with E-state index in [0.717, 1.165) is 27.8 Å². The Morgan fingerprint density at radius 3 is 1.31 bits per heavy atom. The number of aliphatic hydroxyl groups excluding tert-OH is 1. The van der Waals surface area contributed by atoms with Crippen molar-refractivity contribution in [3.05, 3.63) is 179 Å². The van der Waals surface area contributed by atoms with E-state index < -0.39 is 80.0 Å². The Balaban J connectivity index is 1.31. The van der Waals surface area contributed by atoms with Gasteiger partial charge in [-0.05, 0) is 27.8 Å². The average Bonchev–Trinajstić information content (AvgIpc) is 3.62. The number of carbonyl (C=O) groups is 2. The lowest BCUT2D eigenvalue weighted by atomic mass is 9.97. The van der Waals surface area contributed by atoms with Crippen LogP contribution in [-0.4, -0.2) is 91.7 Å². The summed E-state index contributed by atoms with van der Waals surface area (Å²) >= 11 is 0. The van der Waals surface area contributed by atoms with Gasteiger partial charge in [0, 0.05) is 13.8 Å². The second-order valence-corrected chi connectivity index (χ2v) is 15.7. The van der Waals surface area contributed by atoms with Crippen molar-refractivity contribution >= 4 is 11.9 Å². The molecule has 0 spiro atoms. The summed E-state index contributed by atoms with van der Waals surface area (Å²) in [4.78, 5) is 25.1. The van der Waals surface area contributed by atoms with E-state index in [1.165, 1.54) is 13.8 Å². The van der Waals surface area contributed by atoms with E-state index in [0.29, 0.717) is 0 Å². The predicted molar refractivity (Wildman–Crippen MR) is 233 cm³/mol. The smallest absolute Gasteiger partial charge is 0.302 e. The van der Waals surface area contributed by atoms with Crippen LogP contribution >= 0.6 is 0 Å². The standard InChI is InChI=1S/C51H56O13/c1-36(53)55-34-44-45(56-29-38-18-8-3-9-19-38)47(58-31-40-22-12-5-13-23-40)48(59-32-41-24-14-6-15-25-41)50(62-44)64-51(35-61-37(2)54)49(60-33-42-26-16-7-17-27-42)46(43(28-52)63-51)57-30-39-20-10-4-11-21-39/h3-27,43-50,52H,28-35H2,1-2H3/t43-,44-,45-,46-,47+,48-,49+,50-,51+/m1/s1. The largest absolute Gasteiger partial charge is 0.463 e. The number of rotatable bonds is 22. The molecule has 13 heteroatoms. The van der Waals surface area contributed by atoms with Gasteiger partial charge in [0.25, 0.3) is 0 Å². The molecular formula is C51H56O13. The minimum Gasteiger partial charge on any atom is -0.463 e. The van der Waals surface area contributed by atoms with Gasteiger partial charge in [0.2, 0.25) is 5.79 Å². The Labute approximate surface area is 374 Å². The summed E-state index contributed by atoms with van der Waals surface area (Å²) in [6.07, 6.45) is -8.33. The van der Waals surface area contributed by atoms with Crippen molar-refractivity contribution in [3.63, 3.8) is 0 Å². The molecule has 9 atom stereocenters. The van der Waals surface area contributed by atoms with Crippen LogP contribution in [0.1, 0.15) is 41.7 Å². The van der Waals surface area contributed by atoms with Crippen molar-refractivity contribution in [3.8, 4) is 0 Å². The fourth-order valence-corrected chi connectivity index (χ4v) is 7.74. The number of benzene rings is 5. The molecule has 7 rings (SSSR count). The van der Waals surface area contributed by atoms with Crippen molar-refractivity contribution in [1.29, 1.82) is 0 Å². The quantitative estimate of drug-likeness (QED) is 0.0723. The zero-order chi connectivity index (χ0) is 44.6. The summed E-state index contributed by atoms with van der Waals surface area (Å²) in [5.41, 5.74) is 4.35. The number of carbonyl (C=O) groups excluding carboxylic acids is 2. The van der Waals surface area contributed by atoms with E-state index in [1.807, 2.05) is 152 Å². The Bertz CT molecular complexity index is 2130. The molecule has 1 N–H and O–H groups in total. The van der Waals surface area contributed by atoms with Gasteiger partial charge in [-0.1, -0.05) is 152 Å². The van der Waals surface area contributed by atoms with Crippen molar-refractivity contribution in [2.75, 3.05) is 19.8 Å². The fourth-order valence-electron chi connectivity index (χ4n) is 7.74. The number of aliphatic hydroxyl groups is 1. The first-order valence-electron chi connectivity index (χ1n) is 21.5. The SMILES string of the molecule is CC(=O)OC[C@H]1O[C@H](O[C@]2(COC(C)=O)O[C@H](CO)[C@@H](OCc3ccccc3)[C@@H]2OCc2ccccc2)[C@H](OCc2ccccc2)[C@@H](OCc2ccccc2)[C@@H]1OCc1ccccc1. The van der Waals surface area contributed by atoms with Crippen LogP contribution in [0.3, 0.4) is 0 Å². The van der Waals surface area contributed by atoms with Gasteiger partial charge in [0.05, 0.1) is 39.6 Å². The zero-order valence-corrected chi connectivity index (χ0v) is 36.1. The molecular weight excluding hydrogens is 821 g/mol. The van der Waals surface area contributed by atoms with Crippen LogP contribution in [0.4, 0.5) is 0 Å². The second kappa shape index (κ2) is 23.6. The van der Waals surface area contributed by atoms with Crippen LogP contribution in [0.15, 0.2) is 152 Å². The maximum absolute atomic E-state index is 12.7. The lowest BCUT2D eigenvalue weighted by Crippen LogP contribution is -2.65. The number of ether oxygens (including phenoxy) is 10. The van der Waals surface area contributed by atoms with Crippen LogP contribution in [0.5, 0.6) is 0 Å². The highest BCUT2D eigenvalue weighted by molar-refractivity contribution is 5.66. The first kappa shape index (κ1) is 46.7. The first-order valence-corrected chi connectivity index (χ1v) is 21.5. The van der Waals surface area contributed by atoms with Gasteiger partial charge < -0.3 is 52.5 Å². The molecule has 0 bridgehead atoms. The van der Waals surface area contributed by atoms with Gasteiger partial charge in [0.1, 0.15) is 55.9 Å². The van der Waals surface area contributed by atoms with Gasteiger partial charge >= 0.3 is 11.9 Å². The molecule has 2 heterocycles. The lowest BCUT2D eigenvalue weighted by Gasteiger charge is -2.48. The van der Waals surface area contributed by atoms with Crippen LogP contribution < -0.4 is 0 Å². The molecule has 2 saturated heterocycles. The second-order valence-electron chi connectivity index (χ2n) is 15.7. The van der Waals surface area contributed by atoms with Gasteiger partial charge in [0.15, 0.2) is 6.29 Å². The Morgan fingerprint density at radius 2 is 0.891 bits per heavy atom. The van der Waals surface area contributed by atoms with Crippen molar-refractivity contribution in [2.45, 2.75) is 102 Å². The minimum atomic E-state index is -1.97. The number of hydrogen-bond donors (Lipinski definition) is 1. The lowest BCUT2D eigenvalue weighted by molar-refractivity contribution is -0.396.